The van der Waals surface area contributed by atoms with Gasteiger partial charge in [-0.25, -0.2) is 4.98 Å². The molecule has 4 heterocycles. The van der Waals surface area contributed by atoms with Crippen LogP contribution in [0.2, 0.25) is 0 Å². The molecule has 5 rings (SSSR count). The number of thiophene rings is 1. The molecule has 0 radical (unpaired) electrons. The number of pyridine rings is 1. The summed E-state index contributed by atoms with van der Waals surface area (Å²) in [5, 5.41) is 13.4. The highest BCUT2D eigenvalue weighted by molar-refractivity contribution is 7.17. The smallest absolute Gasteiger partial charge is 0.147 e. The van der Waals surface area contributed by atoms with Crippen molar-refractivity contribution >= 4 is 52.1 Å². The maximum atomic E-state index is 9.94. The number of piperazine rings is 1. The van der Waals surface area contributed by atoms with E-state index >= 15 is 0 Å². The molecule has 2 aromatic heterocycles. The molecule has 8 heteroatoms. The summed E-state index contributed by atoms with van der Waals surface area (Å²) in [5.74, 6) is 1.12. The van der Waals surface area contributed by atoms with Crippen LogP contribution in [-0.2, 0) is 4.74 Å². The first-order chi connectivity index (χ1) is 14.7. The van der Waals surface area contributed by atoms with Crippen molar-refractivity contribution < 1.29 is 9.84 Å². The largest absolute Gasteiger partial charge is 0.393 e. The Labute approximate surface area is 206 Å². The third-order valence-electron chi connectivity index (χ3n) is 6.37. The number of nitrogens with zero attached hydrogens (tertiary/aromatic N) is 3. The molecule has 1 N–H and O–H groups in total. The highest BCUT2D eigenvalue weighted by Crippen LogP contribution is 2.35. The zero-order chi connectivity index (χ0) is 20.5. The third kappa shape index (κ3) is 5.22. The van der Waals surface area contributed by atoms with E-state index in [1.54, 1.807) is 11.3 Å². The van der Waals surface area contributed by atoms with E-state index in [0.29, 0.717) is 13.0 Å². The van der Waals surface area contributed by atoms with Crippen molar-refractivity contribution in [1.29, 1.82) is 0 Å². The summed E-state index contributed by atoms with van der Waals surface area (Å²) in [6.45, 7) is 8.21. The Bertz CT molecular complexity index is 1010. The summed E-state index contributed by atoms with van der Waals surface area (Å²) in [6, 6.07) is 12.9. The van der Waals surface area contributed by atoms with Gasteiger partial charge in [-0.2, -0.15) is 0 Å². The Kier molecular flexibility index (Phi) is 8.78. The van der Waals surface area contributed by atoms with Crippen LogP contribution in [0.3, 0.4) is 0 Å². The molecular weight excluding hydrogens is 465 g/mol. The molecule has 174 valence electrons. The SMILES string of the molecule is CCN1CCN(c2nc(-c3ccc(C4CC(O)CCO4)cc3)cc3ccsc23)CC1.Cl.Cl. The second-order valence-electron chi connectivity index (χ2n) is 8.25. The molecule has 2 fully saturated rings. The Balaban J connectivity index is 0.00000144. The molecule has 1 aromatic carbocycles. The number of rotatable bonds is 4. The molecule has 5 nitrogen and oxygen atoms in total. The second kappa shape index (κ2) is 11.1. The van der Waals surface area contributed by atoms with Crippen molar-refractivity contribution in [2.24, 2.45) is 0 Å². The van der Waals surface area contributed by atoms with Gasteiger partial charge in [0.25, 0.3) is 0 Å². The van der Waals surface area contributed by atoms with Gasteiger partial charge in [0.15, 0.2) is 0 Å². The van der Waals surface area contributed by atoms with Crippen molar-refractivity contribution in [2.45, 2.75) is 32.0 Å². The van der Waals surface area contributed by atoms with Crippen LogP contribution in [0.25, 0.3) is 21.3 Å². The number of likely N-dealkylation sites (N-methyl/N-ethyl adjacent to an activating group) is 1. The van der Waals surface area contributed by atoms with Crippen LogP contribution in [-0.4, -0.2) is 60.4 Å². The number of halogens is 2. The number of aromatic nitrogens is 1. The van der Waals surface area contributed by atoms with Gasteiger partial charge in [0.2, 0.25) is 0 Å². The van der Waals surface area contributed by atoms with Gasteiger partial charge in [-0.1, -0.05) is 31.2 Å². The lowest BCUT2D eigenvalue weighted by Crippen LogP contribution is -2.46. The molecule has 2 aliphatic heterocycles. The number of benzene rings is 1. The van der Waals surface area contributed by atoms with Gasteiger partial charge in [0.05, 0.1) is 22.6 Å². The second-order valence-corrected chi connectivity index (χ2v) is 9.17. The predicted molar refractivity (Wildman–Crippen MR) is 138 cm³/mol. The third-order valence-corrected chi connectivity index (χ3v) is 7.30. The van der Waals surface area contributed by atoms with Crippen LogP contribution in [0.5, 0.6) is 0 Å². The van der Waals surface area contributed by atoms with E-state index in [-0.39, 0.29) is 37.0 Å². The molecule has 2 atom stereocenters. The van der Waals surface area contributed by atoms with Gasteiger partial charge in [0.1, 0.15) is 5.82 Å². The summed E-state index contributed by atoms with van der Waals surface area (Å²) in [7, 11) is 0. The molecule has 3 aromatic rings. The predicted octanol–water partition coefficient (Wildman–Crippen LogP) is 5.16. The quantitative estimate of drug-likeness (QED) is 0.541. The zero-order valence-corrected chi connectivity index (χ0v) is 20.7. The van der Waals surface area contributed by atoms with Crippen molar-refractivity contribution in [3.05, 3.63) is 47.3 Å². The van der Waals surface area contributed by atoms with Crippen molar-refractivity contribution in [3.63, 3.8) is 0 Å². The van der Waals surface area contributed by atoms with Crippen molar-refractivity contribution in [2.75, 3.05) is 44.2 Å². The lowest BCUT2D eigenvalue weighted by molar-refractivity contribution is -0.0447. The Morgan fingerprint density at radius 2 is 1.84 bits per heavy atom. The summed E-state index contributed by atoms with van der Waals surface area (Å²) in [5.41, 5.74) is 3.27. The number of fused-ring (bicyclic) bond motifs is 1. The molecule has 0 bridgehead atoms. The minimum Gasteiger partial charge on any atom is -0.393 e. The molecular formula is C24H31Cl2N3O2S. The van der Waals surface area contributed by atoms with Crippen molar-refractivity contribution in [3.8, 4) is 11.3 Å². The van der Waals surface area contributed by atoms with Gasteiger partial charge in [-0.05, 0) is 41.4 Å². The number of aliphatic hydroxyl groups is 1. The average Bonchev–Trinajstić information content (AvgIpc) is 3.27. The van der Waals surface area contributed by atoms with Crippen LogP contribution in [0.4, 0.5) is 5.82 Å². The normalized spacial score (nSPS) is 21.8. The first-order valence-corrected chi connectivity index (χ1v) is 11.8. The zero-order valence-electron chi connectivity index (χ0n) is 18.3. The molecule has 0 amide bonds. The van der Waals surface area contributed by atoms with E-state index in [2.05, 4.69) is 58.5 Å². The lowest BCUT2D eigenvalue weighted by atomic mass is 9.98. The number of anilines is 1. The highest BCUT2D eigenvalue weighted by atomic mass is 35.5. The first kappa shape index (κ1) is 25.2. The summed E-state index contributed by atoms with van der Waals surface area (Å²) >= 11 is 1.78. The molecule has 0 aliphatic carbocycles. The van der Waals surface area contributed by atoms with Gasteiger partial charge >= 0.3 is 0 Å². The Morgan fingerprint density at radius 3 is 2.53 bits per heavy atom. The Hall–Kier alpha value is -1.41. The maximum Gasteiger partial charge on any atom is 0.147 e. The van der Waals surface area contributed by atoms with Crippen LogP contribution in [0.15, 0.2) is 41.8 Å². The molecule has 0 spiro atoms. The van der Waals surface area contributed by atoms with E-state index < -0.39 is 0 Å². The molecule has 0 saturated carbocycles. The highest BCUT2D eigenvalue weighted by Gasteiger charge is 2.23. The maximum absolute atomic E-state index is 9.94. The fourth-order valence-electron chi connectivity index (χ4n) is 4.48. The fourth-order valence-corrected chi connectivity index (χ4v) is 5.37. The number of hydrogen-bond donors (Lipinski definition) is 1. The average molecular weight is 497 g/mol. The van der Waals surface area contributed by atoms with E-state index in [0.717, 1.165) is 61.8 Å². The van der Waals surface area contributed by atoms with Gasteiger partial charge in [-0.15, -0.1) is 36.2 Å². The van der Waals surface area contributed by atoms with Gasteiger partial charge in [-0.3, -0.25) is 0 Å². The molecule has 2 aliphatic rings. The molecule has 2 saturated heterocycles. The van der Waals surface area contributed by atoms with Crippen LogP contribution in [0.1, 0.15) is 31.4 Å². The van der Waals surface area contributed by atoms with Crippen LogP contribution < -0.4 is 4.90 Å². The number of aliphatic hydroxyl groups excluding tert-OH is 1. The van der Waals surface area contributed by atoms with Gasteiger partial charge in [0, 0.05) is 44.8 Å². The van der Waals surface area contributed by atoms with Gasteiger partial charge < -0.3 is 19.6 Å². The van der Waals surface area contributed by atoms with E-state index in [1.807, 2.05) is 0 Å². The van der Waals surface area contributed by atoms with E-state index in [9.17, 15) is 5.11 Å². The number of ether oxygens (including phenoxy) is 1. The topological polar surface area (TPSA) is 48.8 Å². The fraction of sp³-hybridized carbons (Fsp3) is 0.458. The first-order valence-electron chi connectivity index (χ1n) is 11.0. The summed E-state index contributed by atoms with van der Waals surface area (Å²) in [4.78, 5) is 10.1. The number of hydrogen-bond acceptors (Lipinski definition) is 6. The Morgan fingerprint density at radius 1 is 1.09 bits per heavy atom. The minimum absolute atomic E-state index is 0. The minimum atomic E-state index is -0.262. The summed E-state index contributed by atoms with van der Waals surface area (Å²) < 4.78 is 7.14. The molecule has 32 heavy (non-hydrogen) atoms. The van der Waals surface area contributed by atoms with Crippen LogP contribution >= 0.6 is 36.2 Å². The van der Waals surface area contributed by atoms with E-state index in [4.69, 9.17) is 9.72 Å². The summed E-state index contributed by atoms with van der Waals surface area (Å²) in [6.07, 6.45) is 1.13. The molecule has 2 unspecified atom stereocenters. The standard InChI is InChI=1S/C24H29N3O2S.2ClH/c1-2-26-9-11-27(12-10-26)24-23-19(8-14-30-23)15-21(25-24)17-3-5-18(6-4-17)22-16-20(28)7-13-29-22;;/h3-6,8,14-15,20,22,28H,2,7,9-13,16H2,1H3;2*1H. The van der Waals surface area contributed by atoms with E-state index in [1.165, 1.54) is 10.1 Å². The lowest BCUT2D eigenvalue weighted by Gasteiger charge is -2.35. The monoisotopic (exact) mass is 495 g/mol. The van der Waals surface area contributed by atoms with Crippen molar-refractivity contribution in [1.82, 2.24) is 9.88 Å². The van der Waals surface area contributed by atoms with Crippen LogP contribution in [0, 0.1) is 0 Å².